The van der Waals surface area contributed by atoms with Crippen molar-refractivity contribution in [3.63, 3.8) is 0 Å². The molecule has 0 N–H and O–H groups in total. The van der Waals surface area contributed by atoms with Gasteiger partial charge in [-0.2, -0.15) is 0 Å². The lowest BCUT2D eigenvalue weighted by Crippen LogP contribution is -2.01. The molecule has 0 atom stereocenters. The molecule has 0 unspecified atom stereocenters. The van der Waals surface area contributed by atoms with E-state index >= 15 is 0 Å². The molecule has 0 bridgehead atoms. The third-order valence-electron chi connectivity index (χ3n) is 3.90. The van der Waals surface area contributed by atoms with Crippen LogP contribution in [0.1, 0.15) is 23.6 Å². The molecule has 108 valence electrons. The highest BCUT2D eigenvalue weighted by molar-refractivity contribution is 5.94. The van der Waals surface area contributed by atoms with Crippen LogP contribution in [0.25, 0.3) is 11.6 Å². The largest absolute Gasteiger partial charge is 0.233 e. The Labute approximate surface area is 129 Å². The maximum absolute atomic E-state index is 13.0. The van der Waals surface area contributed by atoms with Gasteiger partial charge in [-0.15, -0.1) is 0 Å². The smallest absolute Gasteiger partial charge is 0.133 e. The first-order chi connectivity index (χ1) is 10.7. The average Bonchev–Trinajstić information content (AvgIpc) is 2.54. The lowest BCUT2D eigenvalue weighted by atomic mass is 9.87. The molecule has 0 amide bonds. The zero-order valence-corrected chi connectivity index (χ0v) is 12.3. The number of halogens is 1. The molecular formula is C20H15FO. The highest BCUT2D eigenvalue weighted by Gasteiger charge is 2.13. The van der Waals surface area contributed by atoms with E-state index in [-0.39, 0.29) is 5.82 Å². The summed E-state index contributed by atoms with van der Waals surface area (Å²) in [5.41, 5.74) is 5.80. The zero-order chi connectivity index (χ0) is 15.5. The molecule has 0 fully saturated rings. The number of fused-ring (bicyclic) bond motifs is 1. The molecule has 2 aromatic carbocycles. The molecule has 2 heteroatoms. The number of benzene rings is 2. The minimum Gasteiger partial charge on any atom is -0.233 e. The van der Waals surface area contributed by atoms with Crippen LogP contribution in [-0.2, 0) is 11.2 Å². The van der Waals surface area contributed by atoms with Crippen LogP contribution in [0.3, 0.4) is 0 Å². The third kappa shape index (κ3) is 2.83. The van der Waals surface area contributed by atoms with Crippen molar-refractivity contribution in [3.8, 4) is 0 Å². The molecule has 0 saturated heterocycles. The van der Waals surface area contributed by atoms with Crippen molar-refractivity contribution in [1.29, 1.82) is 0 Å². The summed E-state index contributed by atoms with van der Waals surface area (Å²) in [6.45, 7) is 2.04. The fourth-order valence-corrected chi connectivity index (χ4v) is 2.65. The van der Waals surface area contributed by atoms with Crippen molar-refractivity contribution in [2.45, 2.75) is 13.3 Å². The van der Waals surface area contributed by atoms with Gasteiger partial charge in [0.1, 0.15) is 11.8 Å². The van der Waals surface area contributed by atoms with E-state index in [4.69, 9.17) is 0 Å². The molecule has 0 saturated carbocycles. The van der Waals surface area contributed by atoms with Gasteiger partial charge in [-0.05, 0) is 59.4 Å². The van der Waals surface area contributed by atoms with E-state index in [0.29, 0.717) is 11.1 Å². The minimum absolute atomic E-state index is 0.315. The van der Waals surface area contributed by atoms with Crippen LogP contribution in [0.2, 0.25) is 0 Å². The van der Waals surface area contributed by atoms with Gasteiger partial charge in [-0.3, -0.25) is 0 Å². The molecule has 0 spiro atoms. The fourth-order valence-electron chi connectivity index (χ4n) is 2.65. The van der Waals surface area contributed by atoms with Crippen molar-refractivity contribution < 1.29 is 9.18 Å². The summed E-state index contributed by atoms with van der Waals surface area (Å²) in [4.78, 5) is 11.3. The van der Waals surface area contributed by atoms with Gasteiger partial charge in [0.15, 0.2) is 0 Å². The van der Waals surface area contributed by atoms with Gasteiger partial charge in [-0.25, -0.2) is 9.18 Å². The van der Waals surface area contributed by atoms with Gasteiger partial charge in [0.05, 0.1) is 5.57 Å². The Morgan fingerprint density at radius 1 is 1.14 bits per heavy atom. The normalized spacial score (nSPS) is 15.0. The Morgan fingerprint density at radius 3 is 2.59 bits per heavy atom. The fraction of sp³-hybridized carbons (Fsp3) is 0.100. The van der Waals surface area contributed by atoms with E-state index < -0.39 is 0 Å². The molecule has 3 rings (SSSR count). The quantitative estimate of drug-likeness (QED) is 0.737. The van der Waals surface area contributed by atoms with Crippen LogP contribution in [0.5, 0.6) is 0 Å². The minimum atomic E-state index is -0.315. The van der Waals surface area contributed by atoms with Gasteiger partial charge in [0, 0.05) is 0 Å². The summed E-state index contributed by atoms with van der Waals surface area (Å²) >= 11 is 0. The van der Waals surface area contributed by atoms with E-state index in [1.807, 2.05) is 31.1 Å². The zero-order valence-electron chi connectivity index (χ0n) is 12.3. The lowest BCUT2D eigenvalue weighted by molar-refractivity contribution is 0.569. The Morgan fingerprint density at radius 2 is 1.86 bits per heavy atom. The molecule has 22 heavy (non-hydrogen) atoms. The highest BCUT2D eigenvalue weighted by Crippen LogP contribution is 2.29. The molecule has 1 nitrogen and oxygen atoms in total. The molecule has 0 aromatic heterocycles. The number of carbonyl (C=O) groups excluding carboxylic acids is 1. The van der Waals surface area contributed by atoms with Crippen molar-refractivity contribution >= 4 is 17.6 Å². The van der Waals surface area contributed by atoms with E-state index in [1.54, 1.807) is 12.1 Å². The van der Waals surface area contributed by atoms with E-state index in [1.165, 1.54) is 23.3 Å². The van der Waals surface area contributed by atoms with Crippen LogP contribution in [-0.4, -0.2) is 5.94 Å². The second kappa shape index (κ2) is 5.97. The molecule has 1 aliphatic carbocycles. The number of allylic oxidation sites excluding steroid dienone is 4. The van der Waals surface area contributed by atoms with E-state index in [2.05, 4.69) is 18.2 Å². The van der Waals surface area contributed by atoms with Crippen molar-refractivity contribution in [2.75, 3.05) is 0 Å². The Hall–Kier alpha value is -2.70. The van der Waals surface area contributed by atoms with Gasteiger partial charge < -0.3 is 0 Å². The SMILES string of the molecule is CC1=Cc2ccccc2CC1=CC(=C=O)c1ccc(F)cc1. The average molecular weight is 290 g/mol. The summed E-state index contributed by atoms with van der Waals surface area (Å²) < 4.78 is 13.0. The molecule has 1 aliphatic rings. The number of hydrogen-bond acceptors (Lipinski definition) is 1. The van der Waals surface area contributed by atoms with Gasteiger partial charge in [0.25, 0.3) is 0 Å². The first-order valence-electron chi connectivity index (χ1n) is 7.15. The predicted octanol–water partition coefficient (Wildman–Crippen LogP) is 4.63. The van der Waals surface area contributed by atoms with Crippen LogP contribution in [0.15, 0.2) is 65.8 Å². The van der Waals surface area contributed by atoms with Crippen molar-refractivity contribution in [2.24, 2.45) is 0 Å². The maximum Gasteiger partial charge on any atom is 0.133 e. The number of rotatable bonds is 2. The lowest BCUT2D eigenvalue weighted by Gasteiger charge is -2.17. The summed E-state index contributed by atoms with van der Waals surface area (Å²) in [7, 11) is 0. The third-order valence-corrected chi connectivity index (χ3v) is 3.90. The monoisotopic (exact) mass is 290 g/mol. The molecule has 0 heterocycles. The van der Waals surface area contributed by atoms with Gasteiger partial charge in [-0.1, -0.05) is 42.5 Å². The van der Waals surface area contributed by atoms with Crippen molar-refractivity contribution in [3.05, 3.63) is 88.3 Å². The first-order valence-corrected chi connectivity index (χ1v) is 7.15. The molecular weight excluding hydrogens is 275 g/mol. The summed E-state index contributed by atoms with van der Waals surface area (Å²) in [5.74, 6) is 1.65. The second-order valence-corrected chi connectivity index (χ2v) is 5.40. The summed E-state index contributed by atoms with van der Waals surface area (Å²) in [5, 5.41) is 0. The summed E-state index contributed by atoms with van der Waals surface area (Å²) in [6.07, 6.45) is 4.75. The van der Waals surface area contributed by atoms with Gasteiger partial charge in [0.2, 0.25) is 0 Å². The van der Waals surface area contributed by atoms with Crippen LogP contribution in [0.4, 0.5) is 4.39 Å². The standard InChI is InChI=1S/C20H15FO/c1-14-10-16-4-2-3-5-17(16)11-18(14)12-19(13-22)15-6-8-20(21)9-7-15/h2-10,12H,11H2,1H3. The maximum atomic E-state index is 13.0. The second-order valence-electron chi connectivity index (χ2n) is 5.40. The summed E-state index contributed by atoms with van der Waals surface area (Å²) in [6, 6.07) is 14.1. The van der Waals surface area contributed by atoms with E-state index in [0.717, 1.165) is 17.6 Å². The first kappa shape index (κ1) is 14.2. The highest BCUT2D eigenvalue weighted by atomic mass is 19.1. The van der Waals surface area contributed by atoms with Crippen molar-refractivity contribution in [1.82, 2.24) is 0 Å². The topological polar surface area (TPSA) is 17.1 Å². The molecule has 0 radical (unpaired) electrons. The molecule has 2 aromatic rings. The molecule has 0 aliphatic heterocycles. The van der Waals surface area contributed by atoms with Gasteiger partial charge >= 0.3 is 0 Å². The Balaban J connectivity index is 1.98. The predicted molar refractivity (Wildman–Crippen MR) is 87.4 cm³/mol. The van der Waals surface area contributed by atoms with Crippen LogP contribution in [0, 0.1) is 5.82 Å². The van der Waals surface area contributed by atoms with Crippen LogP contribution < -0.4 is 0 Å². The Kier molecular flexibility index (Phi) is 3.86. The van der Waals surface area contributed by atoms with E-state index in [9.17, 15) is 9.18 Å². The van der Waals surface area contributed by atoms with Crippen LogP contribution >= 0.6 is 0 Å². The number of hydrogen-bond donors (Lipinski definition) is 0. The Bertz CT molecular complexity index is 819.